The zero-order valence-corrected chi connectivity index (χ0v) is 15.6. The lowest BCUT2D eigenvalue weighted by molar-refractivity contribution is 0.103. The maximum atomic E-state index is 12.2. The molecule has 134 valence electrons. The van der Waals surface area contributed by atoms with E-state index in [0.717, 1.165) is 17.0 Å². The van der Waals surface area contributed by atoms with Crippen LogP contribution in [0.25, 0.3) is 6.08 Å². The Bertz CT molecular complexity index is 969. The third-order valence-corrected chi connectivity index (χ3v) is 4.27. The summed E-state index contributed by atoms with van der Waals surface area (Å²) in [5, 5.41) is 4.87. The molecule has 0 bridgehead atoms. The van der Waals surface area contributed by atoms with E-state index < -0.39 is 0 Å². The van der Waals surface area contributed by atoms with E-state index in [0.29, 0.717) is 28.8 Å². The summed E-state index contributed by atoms with van der Waals surface area (Å²) < 4.78 is 12.9. The van der Waals surface area contributed by atoms with Gasteiger partial charge < -0.3 is 9.15 Å². The summed E-state index contributed by atoms with van der Waals surface area (Å²) in [5.74, 6) is 1.85. The lowest BCUT2D eigenvalue weighted by atomic mass is 10.2. The molecule has 2 heterocycles. The number of furan rings is 1. The number of hydrogen-bond acceptors (Lipinski definition) is 4. The molecule has 3 rings (SSSR count). The van der Waals surface area contributed by atoms with Crippen molar-refractivity contribution >= 4 is 23.5 Å². The maximum absolute atomic E-state index is 12.2. The Morgan fingerprint density at radius 3 is 2.77 bits per heavy atom. The first-order chi connectivity index (χ1) is 12.4. The van der Waals surface area contributed by atoms with Crippen molar-refractivity contribution in [2.45, 2.75) is 20.5 Å². The molecule has 0 atom stereocenters. The smallest absolute Gasteiger partial charge is 0.203 e. The average Bonchev–Trinajstić information content (AvgIpc) is 3.19. The van der Waals surface area contributed by atoms with Crippen molar-refractivity contribution in [1.29, 1.82) is 0 Å². The summed E-state index contributed by atoms with van der Waals surface area (Å²) in [6, 6.07) is 10.9. The minimum Gasteiger partial charge on any atom is -0.486 e. The molecular formula is C20H19ClN2O3. The number of ketones is 1. The Balaban J connectivity index is 1.61. The monoisotopic (exact) mass is 370 g/mol. The lowest BCUT2D eigenvalue weighted by Gasteiger charge is -2.05. The molecular weight excluding hydrogens is 352 g/mol. The van der Waals surface area contributed by atoms with Gasteiger partial charge in [0.15, 0.2) is 0 Å². The number of aromatic nitrogens is 2. The summed E-state index contributed by atoms with van der Waals surface area (Å²) in [7, 11) is 1.74. The summed E-state index contributed by atoms with van der Waals surface area (Å²) in [4.78, 5) is 12.2. The van der Waals surface area contributed by atoms with Crippen LogP contribution >= 0.6 is 11.6 Å². The number of carbonyl (C=O) groups is 1. The van der Waals surface area contributed by atoms with Gasteiger partial charge in [0, 0.05) is 12.1 Å². The molecule has 1 aromatic carbocycles. The van der Waals surface area contributed by atoms with Gasteiger partial charge in [-0.3, -0.25) is 9.48 Å². The minimum absolute atomic E-state index is 0.126. The summed E-state index contributed by atoms with van der Waals surface area (Å²) >= 11 is 6.00. The van der Waals surface area contributed by atoms with Gasteiger partial charge >= 0.3 is 0 Å². The van der Waals surface area contributed by atoms with Crippen molar-refractivity contribution in [3.05, 3.63) is 76.0 Å². The van der Waals surface area contributed by atoms with Crippen LogP contribution < -0.4 is 4.74 Å². The highest BCUT2D eigenvalue weighted by Crippen LogP contribution is 2.22. The molecule has 2 aromatic heterocycles. The minimum atomic E-state index is -0.126. The molecule has 0 saturated carbocycles. The number of benzene rings is 1. The lowest BCUT2D eigenvalue weighted by Crippen LogP contribution is -2.03. The Labute approximate surface area is 156 Å². The summed E-state index contributed by atoms with van der Waals surface area (Å²) in [5.41, 5.74) is 2.29. The Kier molecular flexibility index (Phi) is 5.28. The number of carbonyl (C=O) groups excluding carboxylic acids is 1. The van der Waals surface area contributed by atoms with E-state index in [1.807, 2.05) is 32.0 Å². The molecule has 26 heavy (non-hydrogen) atoms. The van der Waals surface area contributed by atoms with Gasteiger partial charge in [-0.25, -0.2) is 0 Å². The van der Waals surface area contributed by atoms with Crippen molar-refractivity contribution < 1.29 is 13.9 Å². The first-order valence-electron chi connectivity index (χ1n) is 8.13. The standard InChI is InChI=1S/C20H19ClN2O3/c1-13-10-16(6-8-18(13)21)25-12-17-5-4-15(26-17)7-9-20(24)19-11-14(2)22-23(19)3/h4-11H,12H2,1-3H3/b9-7-. The van der Waals surface area contributed by atoms with Crippen LogP contribution in [0.5, 0.6) is 5.75 Å². The molecule has 6 heteroatoms. The first kappa shape index (κ1) is 18.0. The molecule has 0 aliphatic carbocycles. The van der Waals surface area contributed by atoms with E-state index in [4.69, 9.17) is 20.8 Å². The molecule has 0 saturated heterocycles. The molecule has 3 aromatic rings. The van der Waals surface area contributed by atoms with Crippen LogP contribution in [-0.2, 0) is 13.7 Å². The second kappa shape index (κ2) is 7.62. The maximum Gasteiger partial charge on any atom is 0.203 e. The Morgan fingerprint density at radius 2 is 2.08 bits per heavy atom. The summed E-state index contributed by atoms with van der Waals surface area (Å²) in [6.07, 6.45) is 3.11. The van der Waals surface area contributed by atoms with E-state index in [1.54, 1.807) is 36.0 Å². The largest absolute Gasteiger partial charge is 0.486 e. The average molecular weight is 371 g/mol. The van der Waals surface area contributed by atoms with E-state index in [-0.39, 0.29) is 5.78 Å². The van der Waals surface area contributed by atoms with Gasteiger partial charge in [-0.2, -0.15) is 5.10 Å². The van der Waals surface area contributed by atoms with Gasteiger partial charge in [0.25, 0.3) is 0 Å². The molecule has 5 nitrogen and oxygen atoms in total. The number of rotatable bonds is 6. The van der Waals surface area contributed by atoms with E-state index in [2.05, 4.69) is 5.10 Å². The summed E-state index contributed by atoms with van der Waals surface area (Å²) in [6.45, 7) is 4.07. The second-order valence-electron chi connectivity index (χ2n) is 6.00. The van der Waals surface area contributed by atoms with Crippen LogP contribution in [0.1, 0.15) is 33.3 Å². The quantitative estimate of drug-likeness (QED) is 0.463. The Hall–Kier alpha value is -2.79. The van der Waals surface area contributed by atoms with Gasteiger partial charge in [0.2, 0.25) is 5.78 Å². The highest BCUT2D eigenvalue weighted by atomic mass is 35.5. The number of aryl methyl sites for hydroxylation is 3. The highest BCUT2D eigenvalue weighted by molar-refractivity contribution is 6.31. The van der Waals surface area contributed by atoms with Gasteiger partial charge in [-0.05, 0) is 68.0 Å². The predicted molar refractivity (Wildman–Crippen MR) is 101 cm³/mol. The molecule has 0 spiro atoms. The third-order valence-electron chi connectivity index (χ3n) is 3.85. The number of ether oxygens (including phenoxy) is 1. The fourth-order valence-corrected chi connectivity index (χ4v) is 2.63. The first-order valence-corrected chi connectivity index (χ1v) is 8.51. The van der Waals surface area contributed by atoms with Gasteiger partial charge in [-0.15, -0.1) is 0 Å². The predicted octanol–water partition coefficient (Wildman–Crippen LogP) is 4.76. The van der Waals surface area contributed by atoms with E-state index in [9.17, 15) is 4.79 Å². The second-order valence-corrected chi connectivity index (χ2v) is 6.40. The van der Waals surface area contributed by atoms with Crippen LogP contribution in [0.2, 0.25) is 5.02 Å². The SMILES string of the molecule is Cc1cc(C(=O)/C=C\c2ccc(COc3ccc(Cl)c(C)c3)o2)n(C)n1. The van der Waals surface area contributed by atoms with Crippen LogP contribution in [-0.4, -0.2) is 15.6 Å². The van der Waals surface area contributed by atoms with Crippen LogP contribution in [0.15, 0.2) is 46.9 Å². The van der Waals surface area contributed by atoms with Crippen LogP contribution in [0.3, 0.4) is 0 Å². The topological polar surface area (TPSA) is 57.3 Å². The fourth-order valence-electron chi connectivity index (χ4n) is 2.51. The van der Waals surface area contributed by atoms with Gasteiger partial charge in [-0.1, -0.05) is 11.6 Å². The molecule has 0 aliphatic heterocycles. The number of hydrogen-bond donors (Lipinski definition) is 0. The van der Waals surface area contributed by atoms with Crippen molar-refractivity contribution in [2.24, 2.45) is 7.05 Å². The number of halogens is 1. The van der Waals surface area contributed by atoms with Crippen molar-refractivity contribution in [1.82, 2.24) is 9.78 Å². The van der Waals surface area contributed by atoms with Crippen molar-refractivity contribution in [3.63, 3.8) is 0 Å². The molecule has 0 radical (unpaired) electrons. The molecule has 0 unspecified atom stereocenters. The van der Waals surface area contributed by atoms with Gasteiger partial charge in [0.05, 0.1) is 5.69 Å². The Morgan fingerprint density at radius 1 is 1.27 bits per heavy atom. The number of nitrogens with zero attached hydrogens (tertiary/aromatic N) is 2. The van der Waals surface area contributed by atoms with Crippen LogP contribution in [0, 0.1) is 13.8 Å². The zero-order chi connectivity index (χ0) is 18.7. The molecule has 0 fully saturated rings. The molecule has 0 aliphatic rings. The highest BCUT2D eigenvalue weighted by Gasteiger charge is 2.09. The number of allylic oxidation sites excluding steroid dienone is 1. The van der Waals surface area contributed by atoms with Gasteiger partial charge in [0.1, 0.15) is 29.6 Å². The van der Waals surface area contributed by atoms with Crippen molar-refractivity contribution in [2.75, 3.05) is 0 Å². The fraction of sp³-hybridized carbons (Fsp3) is 0.200. The van der Waals surface area contributed by atoms with E-state index in [1.165, 1.54) is 6.08 Å². The van der Waals surface area contributed by atoms with Crippen LogP contribution in [0.4, 0.5) is 0 Å². The van der Waals surface area contributed by atoms with E-state index >= 15 is 0 Å². The molecule has 0 amide bonds. The molecule has 0 N–H and O–H groups in total. The third kappa shape index (κ3) is 4.24. The normalized spacial score (nSPS) is 11.2. The van der Waals surface area contributed by atoms with Crippen molar-refractivity contribution in [3.8, 4) is 5.75 Å². The zero-order valence-electron chi connectivity index (χ0n) is 14.8.